The summed E-state index contributed by atoms with van der Waals surface area (Å²) in [7, 11) is 0. The molecule has 1 atom stereocenters. The minimum atomic E-state index is -4.17. The lowest BCUT2D eigenvalue weighted by Crippen LogP contribution is -2.26. The molecule has 6 nitrogen and oxygen atoms in total. The Kier molecular flexibility index (Phi) is 5.19. The molecule has 0 saturated carbocycles. The first kappa shape index (κ1) is 20.0. The fraction of sp³-hybridized carbons (Fsp3) is 0.389. The molecule has 0 aliphatic carbocycles. The zero-order valence-corrected chi connectivity index (χ0v) is 16.7. The summed E-state index contributed by atoms with van der Waals surface area (Å²) in [6.45, 7) is 1.01. The van der Waals surface area contributed by atoms with Crippen molar-refractivity contribution in [2.75, 3.05) is 25.4 Å². The zero-order valence-electron chi connectivity index (χ0n) is 15.1. The molecular weight excluding hydrogens is 456 g/mol. The van der Waals surface area contributed by atoms with E-state index in [2.05, 4.69) is 30.9 Å². The van der Waals surface area contributed by atoms with Crippen LogP contribution in [0, 0.1) is 5.82 Å². The van der Waals surface area contributed by atoms with Crippen molar-refractivity contribution in [1.29, 1.82) is 0 Å². The molecule has 1 fully saturated rings. The molecule has 4 heterocycles. The van der Waals surface area contributed by atoms with Crippen molar-refractivity contribution in [2.45, 2.75) is 25.1 Å². The van der Waals surface area contributed by atoms with Crippen LogP contribution >= 0.6 is 15.9 Å². The summed E-state index contributed by atoms with van der Waals surface area (Å²) >= 11 is 3.33. The molecule has 11 heteroatoms. The van der Waals surface area contributed by atoms with Crippen LogP contribution in [0.3, 0.4) is 0 Å². The molecule has 0 aromatic carbocycles. The first-order chi connectivity index (χ1) is 13.7. The van der Waals surface area contributed by atoms with Gasteiger partial charge in [0.25, 0.3) is 0 Å². The predicted molar refractivity (Wildman–Crippen MR) is 104 cm³/mol. The highest BCUT2D eigenvalue weighted by molar-refractivity contribution is 9.10. The van der Waals surface area contributed by atoms with Gasteiger partial charge in [-0.05, 0) is 28.4 Å². The summed E-state index contributed by atoms with van der Waals surface area (Å²) < 4.78 is 54.5. The molecule has 0 bridgehead atoms. The first-order valence-corrected chi connectivity index (χ1v) is 9.74. The van der Waals surface area contributed by atoms with E-state index in [4.69, 9.17) is 5.73 Å². The van der Waals surface area contributed by atoms with Gasteiger partial charge in [0.1, 0.15) is 10.3 Å². The van der Waals surface area contributed by atoms with Crippen LogP contribution in [0.2, 0.25) is 0 Å². The number of nitrogens with zero attached hydrogens (tertiary/aromatic N) is 5. The third-order valence-electron chi connectivity index (χ3n) is 5.06. The van der Waals surface area contributed by atoms with E-state index in [1.807, 2.05) is 4.57 Å². The number of nitrogens with two attached hydrogens (primary N) is 1. The molecule has 1 saturated heterocycles. The monoisotopic (exact) mass is 472 g/mol. The molecule has 1 unspecified atom stereocenters. The van der Waals surface area contributed by atoms with Crippen molar-refractivity contribution in [3.63, 3.8) is 0 Å². The lowest BCUT2D eigenvalue weighted by molar-refractivity contribution is -0.137. The van der Waals surface area contributed by atoms with Crippen LogP contribution < -0.4 is 5.73 Å². The number of fused-ring (bicyclic) bond motifs is 1. The lowest BCUT2D eigenvalue weighted by Gasteiger charge is -2.18. The normalized spacial score (nSPS) is 18.0. The Labute approximate surface area is 171 Å². The Morgan fingerprint density at radius 3 is 2.79 bits per heavy atom. The van der Waals surface area contributed by atoms with Crippen LogP contribution in [-0.4, -0.2) is 50.2 Å². The minimum Gasteiger partial charge on any atom is -0.368 e. The van der Waals surface area contributed by atoms with E-state index >= 15 is 0 Å². The third-order valence-corrected chi connectivity index (χ3v) is 5.49. The fourth-order valence-corrected chi connectivity index (χ4v) is 4.04. The van der Waals surface area contributed by atoms with Gasteiger partial charge in [-0.2, -0.15) is 13.2 Å². The van der Waals surface area contributed by atoms with Crippen molar-refractivity contribution in [3.8, 4) is 11.3 Å². The minimum absolute atomic E-state index is 0.0348. The Bertz CT molecular complexity index is 1050. The highest BCUT2D eigenvalue weighted by Gasteiger charge is 2.31. The number of rotatable bonds is 4. The van der Waals surface area contributed by atoms with Gasteiger partial charge >= 0.3 is 6.18 Å². The second kappa shape index (κ2) is 7.52. The summed E-state index contributed by atoms with van der Waals surface area (Å²) in [5.41, 5.74) is 7.00. The van der Waals surface area contributed by atoms with Crippen LogP contribution in [0.5, 0.6) is 0 Å². The molecule has 1 aliphatic heterocycles. The molecule has 0 radical (unpaired) electrons. The Hall–Kier alpha value is -2.27. The van der Waals surface area contributed by atoms with Gasteiger partial charge in [-0.3, -0.25) is 0 Å². The average molecular weight is 473 g/mol. The lowest BCUT2D eigenvalue weighted by atomic mass is 10.1. The maximum atomic E-state index is 14.4. The average Bonchev–Trinajstić information content (AvgIpc) is 3.25. The Morgan fingerprint density at radius 1 is 1.24 bits per heavy atom. The summed E-state index contributed by atoms with van der Waals surface area (Å²) in [4.78, 5) is 13.8. The summed E-state index contributed by atoms with van der Waals surface area (Å²) in [6, 6.07) is 1.71. The van der Waals surface area contributed by atoms with Crippen molar-refractivity contribution in [3.05, 3.63) is 35.1 Å². The van der Waals surface area contributed by atoms with Crippen LogP contribution in [0.1, 0.15) is 18.9 Å². The number of hydrogen-bond acceptors (Lipinski definition) is 5. The number of pyridine rings is 1. The summed E-state index contributed by atoms with van der Waals surface area (Å²) in [5.74, 6) is -0.654. The van der Waals surface area contributed by atoms with E-state index in [0.717, 1.165) is 17.1 Å². The van der Waals surface area contributed by atoms with Crippen molar-refractivity contribution >= 4 is 32.8 Å². The molecule has 3 aromatic heterocycles. The van der Waals surface area contributed by atoms with E-state index in [0.29, 0.717) is 29.7 Å². The quantitative estimate of drug-likeness (QED) is 0.455. The van der Waals surface area contributed by atoms with Crippen LogP contribution in [0.4, 0.5) is 23.5 Å². The SMILES string of the molecule is Nc1ncc(F)c(-c2cn(C3CCN(CCC(F)(F)F)C3)c3cnc(Br)cc23)n1. The predicted octanol–water partition coefficient (Wildman–Crippen LogP) is 4.18. The van der Waals surface area contributed by atoms with E-state index in [-0.39, 0.29) is 24.2 Å². The van der Waals surface area contributed by atoms with Crippen LogP contribution in [0.25, 0.3) is 22.2 Å². The standard InChI is InChI=1S/C18H17BrF4N6/c19-15-5-11-12(16-13(20)6-26-17(24)27-16)9-29(14(11)7-25-15)10-1-3-28(8-10)4-2-18(21,22)23/h5-7,9-10H,1-4,8H2,(H2,24,26,27). The number of nitrogen functional groups attached to an aromatic ring is 1. The summed E-state index contributed by atoms with van der Waals surface area (Å²) in [5, 5.41) is 0.720. The van der Waals surface area contributed by atoms with E-state index < -0.39 is 18.4 Å². The largest absolute Gasteiger partial charge is 0.390 e. The molecule has 0 spiro atoms. The molecular formula is C18H17BrF4N6. The van der Waals surface area contributed by atoms with Crippen LogP contribution in [-0.2, 0) is 0 Å². The van der Waals surface area contributed by atoms with Gasteiger partial charge in [-0.1, -0.05) is 0 Å². The summed E-state index contributed by atoms with van der Waals surface area (Å²) in [6.07, 6.45) is 0.117. The molecule has 4 rings (SSSR count). The Balaban J connectivity index is 1.70. The Morgan fingerprint density at radius 2 is 2.03 bits per heavy atom. The van der Waals surface area contributed by atoms with Crippen molar-refractivity contribution in [2.24, 2.45) is 0 Å². The third kappa shape index (κ3) is 4.20. The van der Waals surface area contributed by atoms with E-state index in [9.17, 15) is 17.6 Å². The van der Waals surface area contributed by atoms with Gasteiger partial charge < -0.3 is 15.2 Å². The highest BCUT2D eigenvalue weighted by atomic mass is 79.9. The second-order valence-electron chi connectivity index (χ2n) is 7.01. The number of anilines is 1. The van der Waals surface area contributed by atoms with Gasteiger partial charge in [0.15, 0.2) is 5.82 Å². The van der Waals surface area contributed by atoms with Gasteiger partial charge in [-0.15, -0.1) is 0 Å². The maximum absolute atomic E-state index is 14.4. The number of alkyl halides is 3. The van der Waals surface area contributed by atoms with Gasteiger partial charge in [0.05, 0.1) is 24.3 Å². The van der Waals surface area contributed by atoms with Crippen molar-refractivity contribution < 1.29 is 17.6 Å². The number of aromatic nitrogens is 4. The molecule has 29 heavy (non-hydrogen) atoms. The number of hydrogen-bond donors (Lipinski definition) is 1. The zero-order chi connectivity index (χ0) is 20.8. The smallest absolute Gasteiger partial charge is 0.368 e. The molecule has 154 valence electrons. The maximum Gasteiger partial charge on any atom is 0.390 e. The second-order valence-corrected chi connectivity index (χ2v) is 7.82. The molecule has 1 aliphatic rings. The molecule has 3 aromatic rings. The fourth-order valence-electron chi connectivity index (χ4n) is 3.71. The number of likely N-dealkylation sites (tertiary alicyclic amines) is 1. The van der Waals surface area contributed by atoms with Gasteiger partial charge in [0, 0.05) is 42.8 Å². The van der Waals surface area contributed by atoms with Gasteiger partial charge in [0.2, 0.25) is 5.95 Å². The topological polar surface area (TPSA) is 72.9 Å². The van der Waals surface area contributed by atoms with E-state index in [1.54, 1.807) is 23.4 Å². The first-order valence-electron chi connectivity index (χ1n) is 8.95. The number of halogens is 5. The molecule has 2 N–H and O–H groups in total. The van der Waals surface area contributed by atoms with Gasteiger partial charge in [-0.25, -0.2) is 19.3 Å². The van der Waals surface area contributed by atoms with Crippen molar-refractivity contribution in [1.82, 2.24) is 24.4 Å². The highest BCUT2D eigenvalue weighted by Crippen LogP contribution is 2.36. The molecule has 0 amide bonds. The van der Waals surface area contributed by atoms with Crippen LogP contribution in [0.15, 0.2) is 29.3 Å². The van der Waals surface area contributed by atoms with E-state index in [1.165, 1.54) is 0 Å².